The number of carbonyl (C=O) groups excluding carboxylic acids is 1. The first-order valence-electron chi connectivity index (χ1n) is 10.0. The van der Waals surface area contributed by atoms with Crippen molar-refractivity contribution < 1.29 is 9.53 Å². The molecule has 164 valence electrons. The molecule has 2 fully saturated rings. The minimum Gasteiger partial charge on any atom is -0.370 e. The molecule has 3 aliphatic rings. The first-order chi connectivity index (χ1) is 13.8. The number of rotatable bonds is 2. The summed E-state index contributed by atoms with van der Waals surface area (Å²) in [5.41, 5.74) is 1.09. The summed E-state index contributed by atoms with van der Waals surface area (Å²) in [6, 6.07) is 3.94. The molecule has 10 heteroatoms. The summed E-state index contributed by atoms with van der Waals surface area (Å²) in [6.45, 7) is 5.64. The number of amides is 1. The van der Waals surface area contributed by atoms with E-state index in [0.29, 0.717) is 13.1 Å². The number of hydrogen-bond donors (Lipinski definition) is 1. The van der Waals surface area contributed by atoms with Crippen LogP contribution in [0.1, 0.15) is 33.0 Å². The lowest BCUT2D eigenvalue weighted by Crippen LogP contribution is -2.49. The lowest BCUT2D eigenvalue weighted by Gasteiger charge is -2.40. The third-order valence-electron chi connectivity index (χ3n) is 6.03. The number of halogens is 2. The second-order valence-electron chi connectivity index (χ2n) is 7.62. The zero-order valence-corrected chi connectivity index (χ0v) is 19.2. The van der Waals surface area contributed by atoms with Gasteiger partial charge in [0, 0.05) is 49.9 Å². The fraction of sp³-hybridized carbons (Fsp3) is 0.550. The van der Waals surface area contributed by atoms with Gasteiger partial charge in [0.15, 0.2) is 0 Å². The number of fused-ring (bicyclic) bond motifs is 2. The second kappa shape index (κ2) is 9.78. The maximum Gasteiger partial charge on any atom is 0.264 e. The Balaban J connectivity index is 0.00000128. The number of thiophene rings is 1. The average Bonchev–Trinajstić information content (AvgIpc) is 3.21. The molecule has 0 bridgehead atoms. The van der Waals surface area contributed by atoms with Crippen molar-refractivity contribution >= 4 is 48.0 Å². The molecule has 7 nitrogen and oxygen atoms in total. The standard InChI is InChI=1S/C20H25N5O2S.2ClH/c26-18(24-9-11-25(12-10-24)19-22-5-1-6-23-19)17-14-15-16(28-17)2-13-27-20(15)3-7-21-8-4-20;;/h1,5-6,14,21H,2-4,7-13H2;2*1H. The third-order valence-corrected chi connectivity index (χ3v) is 7.21. The van der Waals surface area contributed by atoms with Crippen LogP contribution in [0.3, 0.4) is 0 Å². The highest BCUT2D eigenvalue weighted by atomic mass is 35.5. The molecule has 5 heterocycles. The Morgan fingerprint density at radius 1 is 1.10 bits per heavy atom. The molecule has 0 aliphatic carbocycles. The zero-order valence-electron chi connectivity index (χ0n) is 16.7. The predicted molar refractivity (Wildman–Crippen MR) is 122 cm³/mol. The largest absolute Gasteiger partial charge is 0.370 e. The Morgan fingerprint density at radius 3 is 2.50 bits per heavy atom. The molecule has 0 saturated carbocycles. The summed E-state index contributed by atoms with van der Waals surface area (Å²) in [5.74, 6) is 0.892. The minimum absolute atomic E-state index is 0. The van der Waals surface area contributed by atoms with Crippen molar-refractivity contribution in [2.45, 2.75) is 24.9 Å². The van der Waals surface area contributed by atoms with Gasteiger partial charge in [0.25, 0.3) is 5.91 Å². The third kappa shape index (κ3) is 4.29. The van der Waals surface area contributed by atoms with Crippen LogP contribution in [-0.4, -0.2) is 66.7 Å². The van der Waals surface area contributed by atoms with E-state index in [4.69, 9.17) is 4.74 Å². The predicted octanol–water partition coefficient (Wildman–Crippen LogP) is 2.50. The molecule has 2 aromatic heterocycles. The van der Waals surface area contributed by atoms with Gasteiger partial charge in [-0.1, -0.05) is 0 Å². The van der Waals surface area contributed by atoms with Crippen molar-refractivity contribution in [2.75, 3.05) is 50.8 Å². The van der Waals surface area contributed by atoms with Gasteiger partial charge >= 0.3 is 0 Å². The number of aromatic nitrogens is 2. The maximum atomic E-state index is 13.2. The normalized spacial score (nSPS) is 20.1. The molecule has 0 atom stereocenters. The fourth-order valence-electron chi connectivity index (χ4n) is 4.49. The van der Waals surface area contributed by atoms with Crippen molar-refractivity contribution in [2.24, 2.45) is 0 Å². The molecule has 0 radical (unpaired) electrons. The molecule has 30 heavy (non-hydrogen) atoms. The summed E-state index contributed by atoms with van der Waals surface area (Å²) in [6.07, 6.45) is 6.41. The number of piperazine rings is 1. The monoisotopic (exact) mass is 471 g/mol. The fourth-order valence-corrected chi connectivity index (χ4v) is 5.69. The Bertz CT molecular complexity index is 852. The topological polar surface area (TPSA) is 70.6 Å². The molecule has 3 aliphatic heterocycles. The van der Waals surface area contributed by atoms with Gasteiger partial charge in [-0.2, -0.15) is 0 Å². The van der Waals surface area contributed by atoms with Gasteiger partial charge in [0.05, 0.1) is 17.1 Å². The SMILES string of the molecule is Cl.Cl.O=C(c1cc2c(s1)CCOC21CCNCC1)N1CCN(c2ncccn2)CC1. The van der Waals surface area contributed by atoms with Crippen LogP contribution in [-0.2, 0) is 16.8 Å². The molecule has 0 aromatic carbocycles. The molecule has 5 rings (SSSR count). The molecule has 1 spiro atoms. The van der Waals surface area contributed by atoms with Crippen LogP contribution < -0.4 is 10.2 Å². The first-order valence-corrected chi connectivity index (χ1v) is 10.9. The molecular formula is C20H27Cl2N5O2S. The van der Waals surface area contributed by atoms with E-state index in [-0.39, 0.29) is 36.3 Å². The van der Waals surface area contributed by atoms with E-state index >= 15 is 0 Å². The Kier molecular flexibility index (Phi) is 7.57. The van der Waals surface area contributed by atoms with Gasteiger partial charge in [0.1, 0.15) is 0 Å². The number of nitrogens with zero attached hydrogens (tertiary/aromatic N) is 4. The second-order valence-corrected chi connectivity index (χ2v) is 8.76. The molecule has 2 aromatic rings. The van der Waals surface area contributed by atoms with Crippen LogP contribution in [0, 0.1) is 0 Å². The first kappa shape index (κ1) is 23.2. The number of carbonyl (C=O) groups is 1. The van der Waals surface area contributed by atoms with E-state index in [0.717, 1.165) is 62.9 Å². The number of piperidine rings is 1. The van der Waals surface area contributed by atoms with Gasteiger partial charge in [-0.15, -0.1) is 36.2 Å². The number of hydrogen-bond acceptors (Lipinski definition) is 7. The maximum absolute atomic E-state index is 13.2. The number of anilines is 1. The van der Waals surface area contributed by atoms with Crippen LogP contribution in [0.25, 0.3) is 0 Å². The van der Waals surface area contributed by atoms with Crippen LogP contribution in [0.4, 0.5) is 5.95 Å². The van der Waals surface area contributed by atoms with Crippen LogP contribution in [0.5, 0.6) is 0 Å². The molecular weight excluding hydrogens is 445 g/mol. The Hall–Kier alpha value is -1.45. The summed E-state index contributed by atoms with van der Waals surface area (Å²) >= 11 is 1.67. The van der Waals surface area contributed by atoms with Crippen LogP contribution in [0.15, 0.2) is 24.5 Å². The molecule has 0 unspecified atom stereocenters. The van der Waals surface area contributed by atoms with Gasteiger partial charge < -0.3 is 19.9 Å². The lowest BCUT2D eigenvalue weighted by atomic mass is 9.83. The van der Waals surface area contributed by atoms with Crippen molar-refractivity contribution in [1.82, 2.24) is 20.2 Å². The molecule has 2 saturated heterocycles. The average molecular weight is 472 g/mol. The van der Waals surface area contributed by atoms with Crippen LogP contribution in [0.2, 0.25) is 0 Å². The number of nitrogens with one attached hydrogen (secondary N) is 1. The molecule has 1 N–H and O–H groups in total. The number of ether oxygens (including phenoxy) is 1. The Morgan fingerprint density at radius 2 is 1.80 bits per heavy atom. The van der Waals surface area contributed by atoms with E-state index in [1.54, 1.807) is 23.7 Å². The quantitative estimate of drug-likeness (QED) is 0.725. The summed E-state index contributed by atoms with van der Waals surface area (Å²) in [5, 5.41) is 3.42. The summed E-state index contributed by atoms with van der Waals surface area (Å²) in [7, 11) is 0. The van der Waals surface area contributed by atoms with E-state index in [9.17, 15) is 4.79 Å². The van der Waals surface area contributed by atoms with Crippen LogP contribution >= 0.6 is 36.2 Å². The smallest absolute Gasteiger partial charge is 0.264 e. The zero-order chi connectivity index (χ0) is 19.0. The van der Waals surface area contributed by atoms with Gasteiger partial charge in [-0.05, 0) is 43.6 Å². The highest BCUT2D eigenvalue weighted by Crippen LogP contribution is 2.43. The van der Waals surface area contributed by atoms with E-state index < -0.39 is 0 Å². The van der Waals surface area contributed by atoms with Crippen molar-refractivity contribution in [3.8, 4) is 0 Å². The highest BCUT2D eigenvalue weighted by molar-refractivity contribution is 7.14. The van der Waals surface area contributed by atoms with Crippen molar-refractivity contribution in [1.29, 1.82) is 0 Å². The van der Waals surface area contributed by atoms with Gasteiger partial charge in [0.2, 0.25) is 5.95 Å². The van der Waals surface area contributed by atoms with Gasteiger partial charge in [-0.3, -0.25) is 4.79 Å². The van der Waals surface area contributed by atoms with E-state index in [2.05, 4.69) is 26.3 Å². The van der Waals surface area contributed by atoms with Crippen molar-refractivity contribution in [3.63, 3.8) is 0 Å². The van der Waals surface area contributed by atoms with Crippen molar-refractivity contribution in [3.05, 3.63) is 39.8 Å². The Labute approximate surface area is 193 Å². The minimum atomic E-state index is -0.183. The summed E-state index contributed by atoms with van der Waals surface area (Å²) in [4.78, 5) is 28.1. The highest BCUT2D eigenvalue weighted by Gasteiger charge is 2.41. The lowest BCUT2D eigenvalue weighted by molar-refractivity contribution is -0.0792. The molecule has 1 amide bonds. The van der Waals surface area contributed by atoms with E-state index in [1.807, 2.05) is 11.0 Å². The summed E-state index contributed by atoms with van der Waals surface area (Å²) < 4.78 is 6.26. The van der Waals surface area contributed by atoms with Gasteiger partial charge in [-0.25, -0.2) is 9.97 Å². The van der Waals surface area contributed by atoms with E-state index in [1.165, 1.54) is 10.4 Å².